The zero-order valence-corrected chi connectivity index (χ0v) is 31.9. The van der Waals surface area contributed by atoms with Crippen molar-refractivity contribution in [3.63, 3.8) is 0 Å². The van der Waals surface area contributed by atoms with E-state index in [1.165, 1.54) is 9.80 Å². The molecule has 4 amide bonds. The molecule has 6 atom stereocenters. The van der Waals surface area contributed by atoms with Crippen LogP contribution in [0.15, 0.2) is 142 Å². The maximum absolute atomic E-state index is 15.4. The Bertz CT molecular complexity index is 2640. The number of halogens is 2. The summed E-state index contributed by atoms with van der Waals surface area (Å²) in [6.45, 7) is 0. The second-order valence-electron chi connectivity index (χ2n) is 14.8. The third-order valence-electron chi connectivity index (χ3n) is 12.1. The predicted octanol–water partition coefficient (Wildman–Crippen LogP) is 8.98. The minimum Gasteiger partial charge on any atom is -0.508 e. The fourth-order valence-corrected chi connectivity index (χ4v) is 10.4. The van der Waals surface area contributed by atoms with Crippen molar-refractivity contribution in [2.24, 2.45) is 23.7 Å². The molecule has 2 aliphatic heterocycles. The number of oxazole rings is 1. The van der Waals surface area contributed by atoms with Gasteiger partial charge in [-0.1, -0.05) is 87.7 Å². The zero-order chi connectivity index (χ0) is 38.5. The molecule has 0 bridgehead atoms. The lowest BCUT2D eigenvalue weighted by Crippen LogP contribution is -2.53. The van der Waals surface area contributed by atoms with Crippen molar-refractivity contribution in [3.8, 4) is 17.2 Å². The summed E-state index contributed by atoms with van der Waals surface area (Å²) >= 11 is 10.0. The molecule has 10 rings (SSSR count). The lowest BCUT2D eigenvalue weighted by atomic mass is 9.49. The van der Waals surface area contributed by atoms with Crippen molar-refractivity contribution in [2.45, 2.75) is 24.2 Å². The van der Waals surface area contributed by atoms with Crippen LogP contribution in [0.1, 0.15) is 29.9 Å². The number of aromatic nitrogens is 1. The maximum atomic E-state index is 15.4. The average Bonchev–Trinajstić information content (AvgIpc) is 3.83. The first-order valence-corrected chi connectivity index (χ1v) is 19.6. The molecular formula is C45H31BrClN3O6. The predicted molar refractivity (Wildman–Crippen MR) is 214 cm³/mol. The molecule has 4 aliphatic rings. The lowest BCUT2D eigenvalue weighted by Gasteiger charge is -2.50. The van der Waals surface area contributed by atoms with Crippen molar-refractivity contribution < 1.29 is 28.7 Å². The summed E-state index contributed by atoms with van der Waals surface area (Å²) < 4.78 is 6.62. The van der Waals surface area contributed by atoms with Crippen molar-refractivity contribution in [2.75, 3.05) is 9.80 Å². The number of amides is 4. The van der Waals surface area contributed by atoms with E-state index in [2.05, 4.69) is 20.9 Å². The Morgan fingerprint density at radius 2 is 1.54 bits per heavy atom. The third-order valence-corrected chi connectivity index (χ3v) is 12.9. The van der Waals surface area contributed by atoms with Crippen LogP contribution in [0.4, 0.5) is 11.4 Å². The molecule has 3 fully saturated rings. The van der Waals surface area contributed by atoms with Gasteiger partial charge in [0.2, 0.25) is 29.5 Å². The van der Waals surface area contributed by atoms with Gasteiger partial charge >= 0.3 is 0 Å². The van der Waals surface area contributed by atoms with Crippen LogP contribution in [0.5, 0.6) is 5.75 Å². The van der Waals surface area contributed by atoms with Crippen LogP contribution in [0, 0.1) is 23.7 Å². The van der Waals surface area contributed by atoms with Crippen molar-refractivity contribution >= 4 is 73.6 Å². The van der Waals surface area contributed by atoms with E-state index < -0.39 is 46.8 Å². The number of phenolic OH excluding ortho intramolecular Hbond substituents is 1. The average molecular weight is 825 g/mol. The number of imide groups is 2. The molecule has 2 saturated heterocycles. The van der Waals surface area contributed by atoms with Crippen molar-refractivity contribution in [1.82, 2.24) is 4.98 Å². The van der Waals surface area contributed by atoms with Crippen LogP contribution >= 0.6 is 27.5 Å². The summed E-state index contributed by atoms with van der Waals surface area (Å²) in [5, 5.41) is 12.0. The molecule has 56 heavy (non-hydrogen) atoms. The normalized spacial score (nSPS) is 25.7. The molecule has 1 aromatic heterocycles. The van der Waals surface area contributed by atoms with E-state index in [1.54, 1.807) is 66.7 Å². The summed E-state index contributed by atoms with van der Waals surface area (Å²) in [4.78, 5) is 66.5. The number of fused-ring (bicyclic) bond motifs is 5. The largest absolute Gasteiger partial charge is 0.508 e. The highest BCUT2D eigenvalue weighted by atomic mass is 79.9. The Kier molecular flexibility index (Phi) is 7.95. The molecular weight excluding hydrogens is 794 g/mol. The lowest BCUT2D eigenvalue weighted by molar-refractivity contribution is -0.127. The summed E-state index contributed by atoms with van der Waals surface area (Å²) in [6, 6.07) is 35.4. The van der Waals surface area contributed by atoms with Crippen molar-refractivity contribution in [3.05, 3.63) is 154 Å². The van der Waals surface area contributed by atoms with E-state index >= 15 is 4.79 Å². The number of para-hydroxylation sites is 2. The molecule has 1 N–H and O–H groups in total. The molecule has 0 radical (unpaired) electrons. The second kappa shape index (κ2) is 12.9. The first kappa shape index (κ1) is 34.6. The Balaban J connectivity index is 1.10. The van der Waals surface area contributed by atoms with Crippen LogP contribution in [0.25, 0.3) is 22.6 Å². The number of aromatic hydroxyl groups is 1. The highest BCUT2D eigenvalue weighted by Gasteiger charge is 2.70. The Morgan fingerprint density at radius 1 is 0.768 bits per heavy atom. The fraction of sp³-hybridized carbons (Fsp3) is 0.178. The number of hydrogen-bond donors (Lipinski definition) is 1. The highest BCUT2D eigenvalue weighted by Crippen LogP contribution is 2.65. The number of hydrogen-bond acceptors (Lipinski definition) is 7. The number of benzene rings is 5. The minimum atomic E-state index is -1.50. The Labute approximate surface area is 334 Å². The van der Waals surface area contributed by atoms with Gasteiger partial charge in [0.15, 0.2) is 5.58 Å². The van der Waals surface area contributed by atoms with E-state index in [1.807, 2.05) is 60.7 Å². The number of allylic oxidation sites excluding steroid dienone is 2. The van der Waals surface area contributed by atoms with Crippen molar-refractivity contribution in [1.29, 1.82) is 0 Å². The summed E-state index contributed by atoms with van der Waals surface area (Å²) in [7, 11) is 0. The zero-order valence-electron chi connectivity index (χ0n) is 29.5. The van der Waals surface area contributed by atoms with E-state index in [0.717, 1.165) is 11.1 Å². The van der Waals surface area contributed by atoms with Crippen LogP contribution in [-0.4, -0.2) is 33.7 Å². The van der Waals surface area contributed by atoms with E-state index in [0.29, 0.717) is 49.0 Å². The summed E-state index contributed by atoms with van der Waals surface area (Å²) in [6.07, 6.45) is 2.36. The Morgan fingerprint density at radius 3 is 2.30 bits per heavy atom. The van der Waals surface area contributed by atoms with E-state index in [-0.39, 0.29) is 30.4 Å². The van der Waals surface area contributed by atoms with Crippen LogP contribution < -0.4 is 9.80 Å². The number of anilines is 2. The fourth-order valence-electron chi connectivity index (χ4n) is 9.85. The molecule has 1 saturated carbocycles. The van der Waals surface area contributed by atoms with Gasteiger partial charge in [0.1, 0.15) is 11.3 Å². The number of carbonyl (C=O) groups is 4. The van der Waals surface area contributed by atoms with Crippen LogP contribution in [0.3, 0.4) is 0 Å². The summed E-state index contributed by atoms with van der Waals surface area (Å²) in [5.41, 5.74) is 3.15. The van der Waals surface area contributed by atoms with Gasteiger partial charge in [-0.3, -0.25) is 24.1 Å². The number of nitrogens with zero attached hydrogens (tertiary/aromatic N) is 3. The first-order valence-electron chi connectivity index (χ1n) is 18.4. The van der Waals surface area contributed by atoms with Gasteiger partial charge in [-0.2, -0.15) is 0 Å². The van der Waals surface area contributed by atoms with Gasteiger partial charge in [0.25, 0.3) is 0 Å². The number of carbonyl (C=O) groups excluding carboxylic acids is 4. The van der Waals surface area contributed by atoms with Gasteiger partial charge in [-0.05, 0) is 97.1 Å². The third kappa shape index (κ3) is 4.95. The SMILES string of the molecule is O=C1C2CC=C3C(CC4C(=O)N(c5cccc(Cl)c5)C(=O)C4(c4ccccc4)C3c3cc(Br)ccc3O)C2C(=O)N1c1ccc(-c2nc3ccccc3o2)cc1. The molecule has 6 unspecified atom stereocenters. The quantitative estimate of drug-likeness (QED) is 0.136. The topological polar surface area (TPSA) is 121 Å². The van der Waals surface area contributed by atoms with Gasteiger partial charge in [0.05, 0.1) is 34.5 Å². The number of phenols is 1. The van der Waals surface area contributed by atoms with Gasteiger partial charge in [0, 0.05) is 26.5 Å². The molecule has 276 valence electrons. The van der Waals surface area contributed by atoms with Gasteiger partial charge in [-0.25, -0.2) is 9.88 Å². The molecule has 0 spiro atoms. The van der Waals surface area contributed by atoms with Crippen LogP contribution in [0.2, 0.25) is 5.02 Å². The minimum absolute atomic E-state index is 0.0492. The molecule has 3 heterocycles. The summed E-state index contributed by atoms with van der Waals surface area (Å²) in [5.74, 6) is -5.05. The van der Waals surface area contributed by atoms with Crippen LogP contribution in [-0.2, 0) is 24.6 Å². The molecule has 5 aromatic carbocycles. The number of rotatable bonds is 5. The highest BCUT2D eigenvalue weighted by molar-refractivity contribution is 9.10. The van der Waals surface area contributed by atoms with E-state index in [9.17, 15) is 19.5 Å². The first-order chi connectivity index (χ1) is 27.2. The second-order valence-corrected chi connectivity index (χ2v) is 16.2. The molecule has 11 heteroatoms. The smallest absolute Gasteiger partial charge is 0.246 e. The van der Waals surface area contributed by atoms with Gasteiger partial charge in [-0.15, -0.1) is 0 Å². The monoisotopic (exact) mass is 823 g/mol. The molecule has 2 aliphatic carbocycles. The van der Waals surface area contributed by atoms with E-state index in [4.69, 9.17) is 16.0 Å². The Hall–Kier alpha value is -5.84. The molecule has 6 aromatic rings. The van der Waals surface area contributed by atoms with Gasteiger partial charge < -0.3 is 9.52 Å². The maximum Gasteiger partial charge on any atom is 0.246 e. The standard InChI is InChI=1S/C45H31BrClN3O6/c46-26-15-20-36(51)33(21-26)39-30-18-19-31-38(43(54)49(41(31)52)28-16-13-24(14-17-28)40-48-35-11-4-5-12-37(35)56-40)32(30)23-34-42(53)50(29-10-6-9-27(47)22-29)44(55)45(34,39)25-7-2-1-3-8-25/h1-18,20-22,31-32,34,38-39,51H,19,23H2. The molecule has 9 nitrogen and oxygen atoms in total.